The van der Waals surface area contributed by atoms with Crippen LogP contribution in [-0.4, -0.2) is 54.0 Å². The van der Waals surface area contributed by atoms with Gasteiger partial charge in [0.15, 0.2) is 0 Å². The van der Waals surface area contributed by atoms with Crippen LogP contribution < -0.4 is 11.1 Å². The van der Waals surface area contributed by atoms with E-state index in [1.165, 1.54) is 19.3 Å². The molecule has 150 valence electrons. The van der Waals surface area contributed by atoms with E-state index in [2.05, 4.69) is 5.32 Å². The summed E-state index contributed by atoms with van der Waals surface area (Å²) in [5, 5.41) is 3.15. The van der Waals surface area contributed by atoms with E-state index in [0.29, 0.717) is 32.2 Å². The number of carbonyl (C=O) groups is 2. The van der Waals surface area contributed by atoms with Crippen molar-refractivity contribution in [1.82, 2.24) is 15.1 Å². The van der Waals surface area contributed by atoms with Gasteiger partial charge in [-0.1, -0.05) is 49.1 Å². The van der Waals surface area contributed by atoms with Crippen molar-refractivity contribution in [3.63, 3.8) is 0 Å². The van der Waals surface area contributed by atoms with Gasteiger partial charge in [-0.2, -0.15) is 0 Å². The molecule has 0 bridgehead atoms. The molecule has 3 N–H and O–H groups in total. The smallest absolute Gasteiger partial charge is 0.317 e. The number of piperazine rings is 1. The van der Waals surface area contributed by atoms with Gasteiger partial charge in [0.2, 0.25) is 5.91 Å². The number of nitrogens with zero attached hydrogens (tertiary/aromatic N) is 2. The molecule has 27 heavy (non-hydrogen) atoms. The molecule has 1 unspecified atom stereocenters. The zero-order valence-electron chi connectivity index (χ0n) is 16.0. The predicted molar refractivity (Wildman–Crippen MR) is 109 cm³/mol. The highest BCUT2D eigenvalue weighted by Gasteiger charge is 2.28. The minimum absolute atomic E-state index is 0. The fourth-order valence-corrected chi connectivity index (χ4v) is 3.76. The fourth-order valence-electron chi connectivity index (χ4n) is 3.76. The number of nitrogens with two attached hydrogens (primary N) is 1. The number of halogens is 1. The highest BCUT2D eigenvalue weighted by atomic mass is 35.5. The van der Waals surface area contributed by atoms with Gasteiger partial charge in [0.25, 0.3) is 0 Å². The maximum absolute atomic E-state index is 12.7. The Kier molecular flexibility index (Phi) is 7.92. The molecule has 1 aromatic rings. The summed E-state index contributed by atoms with van der Waals surface area (Å²) in [4.78, 5) is 28.7. The number of nitrogens with one attached hydrogen (secondary N) is 1. The van der Waals surface area contributed by atoms with Crippen LogP contribution in [0.15, 0.2) is 24.3 Å². The maximum atomic E-state index is 12.7. The number of aryl methyl sites for hydroxylation is 1. The van der Waals surface area contributed by atoms with Crippen molar-refractivity contribution in [1.29, 1.82) is 0 Å². The zero-order chi connectivity index (χ0) is 18.5. The zero-order valence-corrected chi connectivity index (χ0v) is 16.8. The Hall–Kier alpha value is -1.79. The summed E-state index contributed by atoms with van der Waals surface area (Å²) in [5.41, 5.74) is 8.13. The summed E-state index contributed by atoms with van der Waals surface area (Å²) in [6.07, 6.45) is 5.83. The third-order valence-corrected chi connectivity index (χ3v) is 5.51. The van der Waals surface area contributed by atoms with Gasteiger partial charge in [-0.25, -0.2) is 4.79 Å². The first-order valence-corrected chi connectivity index (χ1v) is 9.71. The van der Waals surface area contributed by atoms with Gasteiger partial charge in [-0.05, 0) is 25.3 Å². The highest BCUT2D eigenvalue weighted by molar-refractivity contribution is 5.85. The third-order valence-electron chi connectivity index (χ3n) is 5.51. The standard InChI is InChI=1S/C20H30N4O2.ClH/c1-15-7-9-16(10-8-15)18(21)19(25)23-11-13-24(14-12-23)20(26)22-17-5-3-2-4-6-17;/h7-10,17-18H,2-6,11-14,21H2,1H3,(H,22,26);1H. The first kappa shape index (κ1) is 21.5. The van der Waals surface area contributed by atoms with Gasteiger partial charge in [0.05, 0.1) is 0 Å². The molecule has 3 rings (SSSR count). The molecule has 0 aromatic heterocycles. The molecule has 1 aromatic carbocycles. The second kappa shape index (κ2) is 9.95. The first-order chi connectivity index (χ1) is 12.5. The molecule has 6 nitrogen and oxygen atoms in total. The normalized spacial score (nSPS) is 19.2. The van der Waals surface area contributed by atoms with Crippen LogP contribution in [0.3, 0.4) is 0 Å². The van der Waals surface area contributed by atoms with E-state index >= 15 is 0 Å². The summed E-state index contributed by atoms with van der Waals surface area (Å²) in [6, 6.07) is 7.43. The van der Waals surface area contributed by atoms with E-state index in [4.69, 9.17) is 5.73 Å². The molecule has 1 heterocycles. The lowest BCUT2D eigenvalue weighted by Gasteiger charge is -2.37. The maximum Gasteiger partial charge on any atom is 0.317 e. The van der Waals surface area contributed by atoms with Crippen LogP contribution in [-0.2, 0) is 4.79 Å². The van der Waals surface area contributed by atoms with Crippen LogP contribution >= 0.6 is 12.4 Å². The Labute approximate surface area is 167 Å². The van der Waals surface area contributed by atoms with Gasteiger partial charge >= 0.3 is 6.03 Å². The topological polar surface area (TPSA) is 78.7 Å². The molecule has 7 heteroatoms. The molecule has 0 radical (unpaired) electrons. The number of rotatable bonds is 3. The summed E-state index contributed by atoms with van der Waals surface area (Å²) in [7, 11) is 0. The van der Waals surface area contributed by atoms with E-state index in [1.807, 2.05) is 36.1 Å². The average molecular weight is 395 g/mol. The van der Waals surface area contributed by atoms with Crippen LogP contribution in [0.2, 0.25) is 0 Å². The molecule has 3 amide bonds. The first-order valence-electron chi connectivity index (χ1n) is 9.71. The van der Waals surface area contributed by atoms with Crippen LogP contribution in [0.5, 0.6) is 0 Å². The SMILES string of the molecule is Cc1ccc(C(N)C(=O)N2CCN(C(=O)NC3CCCCC3)CC2)cc1.Cl. The minimum Gasteiger partial charge on any atom is -0.337 e. The molecule has 0 spiro atoms. The minimum atomic E-state index is -0.641. The number of hydrogen-bond donors (Lipinski definition) is 2. The van der Waals surface area contributed by atoms with E-state index in [0.717, 1.165) is 24.0 Å². The monoisotopic (exact) mass is 394 g/mol. The van der Waals surface area contributed by atoms with Crippen LogP contribution in [0.4, 0.5) is 4.79 Å². The molecule has 1 aliphatic heterocycles. The third kappa shape index (κ3) is 5.59. The van der Waals surface area contributed by atoms with Crippen molar-refractivity contribution in [3.8, 4) is 0 Å². The van der Waals surface area contributed by atoms with E-state index in [1.54, 1.807) is 4.90 Å². The summed E-state index contributed by atoms with van der Waals surface area (Å²) in [5.74, 6) is -0.0683. The molecule has 1 aliphatic carbocycles. The lowest BCUT2D eigenvalue weighted by atomic mass is 9.96. The fraction of sp³-hybridized carbons (Fsp3) is 0.600. The molecule has 1 saturated heterocycles. The Morgan fingerprint density at radius 3 is 2.15 bits per heavy atom. The van der Waals surface area contributed by atoms with Crippen molar-refractivity contribution in [2.75, 3.05) is 26.2 Å². The number of benzene rings is 1. The Balaban J connectivity index is 0.00000261. The number of urea groups is 1. The molecular weight excluding hydrogens is 364 g/mol. The quantitative estimate of drug-likeness (QED) is 0.827. The van der Waals surface area contributed by atoms with E-state index in [-0.39, 0.29) is 24.3 Å². The van der Waals surface area contributed by atoms with Crippen molar-refractivity contribution < 1.29 is 9.59 Å². The van der Waals surface area contributed by atoms with Crippen molar-refractivity contribution in [3.05, 3.63) is 35.4 Å². The van der Waals surface area contributed by atoms with Crippen LogP contribution in [0.25, 0.3) is 0 Å². The van der Waals surface area contributed by atoms with Crippen molar-refractivity contribution in [2.24, 2.45) is 5.73 Å². The van der Waals surface area contributed by atoms with Gasteiger partial charge in [-0.3, -0.25) is 4.79 Å². The second-order valence-corrected chi connectivity index (χ2v) is 7.49. The predicted octanol–water partition coefficient (Wildman–Crippen LogP) is 2.60. The lowest BCUT2D eigenvalue weighted by molar-refractivity contribution is -0.134. The Morgan fingerprint density at radius 2 is 1.56 bits per heavy atom. The average Bonchev–Trinajstić information content (AvgIpc) is 2.68. The van der Waals surface area contributed by atoms with E-state index in [9.17, 15) is 9.59 Å². The van der Waals surface area contributed by atoms with Gasteiger partial charge < -0.3 is 20.9 Å². The Morgan fingerprint density at radius 1 is 1.00 bits per heavy atom. The van der Waals surface area contributed by atoms with Gasteiger partial charge in [0, 0.05) is 32.2 Å². The Bertz CT molecular complexity index is 623. The van der Waals surface area contributed by atoms with Gasteiger partial charge in [-0.15, -0.1) is 12.4 Å². The van der Waals surface area contributed by atoms with Crippen molar-refractivity contribution in [2.45, 2.75) is 51.1 Å². The largest absolute Gasteiger partial charge is 0.337 e. The summed E-state index contributed by atoms with van der Waals surface area (Å²) in [6.45, 7) is 4.21. The lowest BCUT2D eigenvalue weighted by Crippen LogP contribution is -2.55. The van der Waals surface area contributed by atoms with Crippen LogP contribution in [0, 0.1) is 6.92 Å². The summed E-state index contributed by atoms with van der Waals surface area (Å²) >= 11 is 0. The van der Waals surface area contributed by atoms with Crippen LogP contribution in [0.1, 0.15) is 49.3 Å². The van der Waals surface area contributed by atoms with Crippen molar-refractivity contribution >= 4 is 24.3 Å². The number of amides is 3. The number of hydrogen-bond acceptors (Lipinski definition) is 3. The summed E-state index contributed by atoms with van der Waals surface area (Å²) < 4.78 is 0. The molecule has 2 aliphatic rings. The van der Waals surface area contributed by atoms with Gasteiger partial charge in [0.1, 0.15) is 6.04 Å². The molecular formula is C20H31ClN4O2. The number of carbonyl (C=O) groups excluding carboxylic acids is 2. The highest BCUT2D eigenvalue weighted by Crippen LogP contribution is 2.18. The molecule has 2 fully saturated rings. The van der Waals surface area contributed by atoms with E-state index < -0.39 is 6.04 Å². The molecule has 1 saturated carbocycles. The second-order valence-electron chi connectivity index (χ2n) is 7.49. The molecule has 1 atom stereocenters.